The molecule has 0 unspecified atom stereocenters. The second kappa shape index (κ2) is 8.33. The molecule has 4 heteroatoms. The number of rotatable bonds is 3. The average molecular weight is 399 g/mol. The van der Waals surface area contributed by atoms with Gasteiger partial charge in [0.25, 0.3) is 5.91 Å². The van der Waals surface area contributed by atoms with Crippen molar-refractivity contribution in [3.05, 3.63) is 101 Å². The zero-order chi connectivity index (χ0) is 20.3. The molecule has 30 heavy (non-hydrogen) atoms. The summed E-state index contributed by atoms with van der Waals surface area (Å²) in [7, 11) is 0. The molecule has 0 saturated carbocycles. The molecule has 0 saturated heterocycles. The van der Waals surface area contributed by atoms with Crippen molar-refractivity contribution in [2.45, 2.75) is 26.1 Å². The van der Waals surface area contributed by atoms with Crippen molar-refractivity contribution in [1.82, 2.24) is 9.80 Å². The number of carbonyl (C=O) groups excluding carboxylic acids is 1. The third-order valence-electron chi connectivity index (χ3n) is 6.03. The highest BCUT2D eigenvalue weighted by atomic mass is 16.5. The summed E-state index contributed by atoms with van der Waals surface area (Å²) in [5, 5.41) is 0. The van der Waals surface area contributed by atoms with Gasteiger partial charge in [0.15, 0.2) is 0 Å². The Balaban J connectivity index is 1.32. The molecule has 152 valence electrons. The number of nitrogens with zero attached hydrogens (tertiary/aromatic N) is 2. The maximum absolute atomic E-state index is 12.9. The first-order valence-corrected chi connectivity index (χ1v) is 10.6. The Bertz CT molecular complexity index is 1050. The van der Waals surface area contributed by atoms with Crippen molar-refractivity contribution >= 4 is 5.91 Å². The van der Waals surface area contributed by atoms with Gasteiger partial charge in [-0.05, 0) is 47.4 Å². The van der Waals surface area contributed by atoms with Gasteiger partial charge in [-0.25, -0.2) is 0 Å². The molecule has 0 aliphatic carbocycles. The van der Waals surface area contributed by atoms with Gasteiger partial charge < -0.3 is 9.64 Å². The molecule has 1 amide bonds. The van der Waals surface area contributed by atoms with Gasteiger partial charge in [-0.2, -0.15) is 0 Å². The largest absolute Gasteiger partial charge is 0.491 e. The lowest BCUT2D eigenvalue weighted by atomic mass is 9.99. The molecule has 0 spiro atoms. The summed E-state index contributed by atoms with van der Waals surface area (Å²) in [6, 6.07) is 24.7. The van der Waals surface area contributed by atoms with Crippen LogP contribution in [0.3, 0.4) is 0 Å². The smallest absolute Gasteiger partial charge is 0.254 e. The van der Waals surface area contributed by atoms with Crippen LogP contribution in [-0.2, 0) is 26.1 Å². The van der Waals surface area contributed by atoms with E-state index in [-0.39, 0.29) is 5.91 Å². The van der Waals surface area contributed by atoms with E-state index in [0.29, 0.717) is 19.7 Å². The molecule has 4 nitrogen and oxygen atoms in total. The quantitative estimate of drug-likeness (QED) is 0.660. The van der Waals surface area contributed by atoms with Crippen LogP contribution >= 0.6 is 0 Å². The summed E-state index contributed by atoms with van der Waals surface area (Å²) in [6.45, 7) is 4.67. The molecular weight excluding hydrogens is 372 g/mol. The van der Waals surface area contributed by atoms with E-state index >= 15 is 0 Å². The van der Waals surface area contributed by atoms with Crippen LogP contribution in [0.4, 0.5) is 0 Å². The third-order valence-corrected chi connectivity index (χ3v) is 6.03. The summed E-state index contributed by atoms with van der Waals surface area (Å²) >= 11 is 0. The summed E-state index contributed by atoms with van der Waals surface area (Å²) in [5.74, 6) is 0.955. The van der Waals surface area contributed by atoms with Crippen LogP contribution in [0.1, 0.15) is 32.6 Å². The standard InChI is InChI=1S/C26H26N2O2/c29-26(22-7-2-1-3-8-22)28-14-15-30-25-11-10-20(16-24(25)19-28)17-27-13-12-21-6-4-5-9-23(21)18-27/h1-11,16H,12-15,17-19H2. The van der Waals surface area contributed by atoms with Crippen molar-refractivity contribution < 1.29 is 9.53 Å². The Kier molecular flexibility index (Phi) is 5.24. The normalized spacial score (nSPS) is 16.2. The number of benzene rings is 3. The van der Waals surface area contributed by atoms with Gasteiger partial charge >= 0.3 is 0 Å². The maximum atomic E-state index is 12.9. The van der Waals surface area contributed by atoms with Crippen LogP contribution < -0.4 is 4.74 Å². The van der Waals surface area contributed by atoms with Crippen molar-refractivity contribution in [2.75, 3.05) is 19.7 Å². The maximum Gasteiger partial charge on any atom is 0.254 e. The van der Waals surface area contributed by atoms with Gasteiger partial charge in [0.05, 0.1) is 6.54 Å². The van der Waals surface area contributed by atoms with E-state index in [0.717, 1.165) is 42.9 Å². The van der Waals surface area contributed by atoms with Crippen molar-refractivity contribution in [2.24, 2.45) is 0 Å². The van der Waals surface area contributed by atoms with Gasteiger partial charge in [0.1, 0.15) is 12.4 Å². The minimum Gasteiger partial charge on any atom is -0.491 e. The second-order valence-corrected chi connectivity index (χ2v) is 8.11. The minimum absolute atomic E-state index is 0.0603. The predicted molar refractivity (Wildman–Crippen MR) is 117 cm³/mol. The van der Waals surface area contributed by atoms with Crippen LogP contribution in [0.5, 0.6) is 5.75 Å². The lowest BCUT2D eigenvalue weighted by Crippen LogP contribution is -2.32. The summed E-state index contributed by atoms with van der Waals surface area (Å²) in [4.78, 5) is 17.3. The molecule has 0 atom stereocenters. The SMILES string of the molecule is O=C(c1ccccc1)N1CCOc2ccc(CN3CCc4ccccc4C3)cc2C1. The number of fused-ring (bicyclic) bond motifs is 2. The van der Waals surface area contributed by atoms with Crippen molar-refractivity contribution in [3.8, 4) is 5.75 Å². The number of hydrogen-bond acceptors (Lipinski definition) is 3. The Hall–Kier alpha value is -3.11. The zero-order valence-corrected chi connectivity index (χ0v) is 17.1. The van der Waals surface area contributed by atoms with E-state index in [2.05, 4.69) is 47.4 Å². The summed E-state index contributed by atoms with van der Waals surface area (Å²) < 4.78 is 5.95. The fraction of sp³-hybridized carbons (Fsp3) is 0.269. The van der Waals surface area contributed by atoms with Gasteiger partial charge in [-0.3, -0.25) is 9.69 Å². The van der Waals surface area contributed by atoms with Crippen LogP contribution in [0.15, 0.2) is 72.8 Å². The summed E-state index contributed by atoms with van der Waals surface area (Å²) in [5.41, 5.74) is 5.99. The molecule has 0 N–H and O–H groups in total. The molecule has 2 aliphatic heterocycles. The molecule has 2 aliphatic rings. The Morgan fingerprint density at radius 3 is 2.50 bits per heavy atom. The lowest BCUT2D eigenvalue weighted by molar-refractivity contribution is 0.0733. The first-order chi connectivity index (χ1) is 14.8. The second-order valence-electron chi connectivity index (χ2n) is 8.11. The highest BCUT2D eigenvalue weighted by Gasteiger charge is 2.22. The van der Waals surface area contributed by atoms with Gasteiger partial charge in [-0.1, -0.05) is 48.5 Å². The van der Waals surface area contributed by atoms with Crippen molar-refractivity contribution in [3.63, 3.8) is 0 Å². The highest BCUT2D eigenvalue weighted by Crippen LogP contribution is 2.27. The first-order valence-electron chi connectivity index (χ1n) is 10.6. The van der Waals surface area contributed by atoms with Crippen LogP contribution in [0, 0.1) is 0 Å². The van der Waals surface area contributed by atoms with E-state index in [9.17, 15) is 4.79 Å². The fourth-order valence-corrected chi connectivity index (χ4v) is 4.43. The number of ether oxygens (including phenoxy) is 1. The number of carbonyl (C=O) groups is 1. The molecule has 0 radical (unpaired) electrons. The average Bonchev–Trinajstić information content (AvgIpc) is 3.01. The number of hydrogen-bond donors (Lipinski definition) is 0. The predicted octanol–water partition coefficient (Wildman–Crippen LogP) is 4.28. The monoisotopic (exact) mass is 398 g/mol. The van der Waals surface area contributed by atoms with Crippen LogP contribution in [0.25, 0.3) is 0 Å². The van der Waals surface area contributed by atoms with E-state index in [1.54, 1.807) is 0 Å². The zero-order valence-electron chi connectivity index (χ0n) is 17.1. The molecule has 0 bridgehead atoms. The van der Waals surface area contributed by atoms with Crippen molar-refractivity contribution in [1.29, 1.82) is 0 Å². The molecular formula is C26H26N2O2. The lowest BCUT2D eigenvalue weighted by Gasteiger charge is -2.29. The van der Waals surface area contributed by atoms with Crippen LogP contribution in [0.2, 0.25) is 0 Å². The molecule has 3 aromatic carbocycles. The fourth-order valence-electron chi connectivity index (χ4n) is 4.43. The van der Waals surface area contributed by atoms with Gasteiger partial charge in [-0.15, -0.1) is 0 Å². The van der Waals surface area contributed by atoms with Crippen LogP contribution in [-0.4, -0.2) is 35.4 Å². The Labute approximate surface area is 177 Å². The first kappa shape index (κ1) is 18.9. The van der Waals surface area contributed by atoms with E-state index in [1.165, 1.54) is 16.7 Å². The molecule has 0 fully saturated rings. The molecule has 3 aromatic rings. The van der Waals surface area contributed by atoms with E-state index in [1.807, 2.05) is 35.2 Å². The summed E-state index contributed by atoms with van der Waals surface area (Å²) in [6.07, 6.45) is 1.10. The Morgan fingerprint density at radius 2 is 1.63 bits per heavy atom. The highest BCUT2D eigenvalue weighted by molar-refractivity contribution is 5.94. The topological polar surface area (TPSA) is 32.8 Å². The molecule has 5 rings (SSSR count). The molecule has 0 aromatic heterocycles. The third kappa shape index (κ3) is 3.96. The van der Waals surface area contributed by atoms with E-state index < -0.39 is 0 Å². The van der Waals surface area contributed by atoms with Gasteiger partial charge in [0, 0.05) is 37.3 Å². The Morgan fingerprint density at radius 1 is 0.833 bits per heavy atom. The number of amides is 1. The van der Waals surface area contributed by atoms with Gasteiger partial charge in [0.2, 0.25) is 0 Å². The minimum atomic E-state index is 0.0603. The van der Waals surface area contributed by atoms with E-state index in [4.69, 9.17) is 4.74 Å². The molecule has 2 heterocycles.